The van der Waals surface area contributed by atoms with Crippen molar-refractivity contribution in [2.45, 2.75) is 66.0 Å². The summed E-state index contributed by atoms with van der Waals surface area (Å²) in [5, 5.41) is 13.2. The van der Waals surface area contributed by atoms with E-state index in [2.05, 4.69) is 42.6 Å². The highest BCUT2D eigenvalue weighted by Gasteiger charge is 2.29. The van der Waals surface area contributed by atoms with E-state index in [1.807, 2.05) is 18.7 Å². The Bertz CT molecular complexity index is 3230. The molecule has 0 aliphatic carbocycles. The molecule has 0 saturated carbocycles. The maximum absolute atomic E-state index is 14.9. The highest BCUT2D eigenvalue weighted by molar-refractivity contribution is 6.70. The monoisotopic (exact) mass is 1030 g/mol. The minimum absolute atomic E-state index is 0.00824. The van der Waals surface area contributed by atoms with Gasteiger partial charge in [0.05, 0.1) is 34.0 Å². The SMILES string of the molecule is CC(C)N=C(Cl)c1c(N)c(F)cc(NC(=O)c2ccc(=O)n(-c3c(F)cccc3F)n2)c1N1CCCC1.CC(C)N=Cc1c(N)ccc(NC(=O)c2ccc(=O)n(-c3c(F)cccc3F)n2)c1N1CC[C@H](C)C1. The lowest BCUT2D eigenvalue weighted by Gasteiger charge is -2.26. The van der Waals surface area contributed by atoms with E-state index in [1.165, 1.54) is 12.1 Å². The van der Waals surface area contributed by atoms with E-state index in [4.69, 9.17) is 23.1 Å². The number of rotatable bonds is 12. The highest BCUT2D eigenvalue weighted by Crippen LogP contribution is 2.40. The van der Waals surface area contributed by atoms with Gasteiger partial charge in [-0.15, -0.1) is 0 Å². The number of halogens is 6. The van der Waals surface area contributed by atoms with Crippen LogP contribution in [0.15, 0.2) is 98.4 Å². The minimum Gasteiger partial charge on any atom is -0.398 e. The summed E-state index contributed by atoms with van der Waals surface area (Å²) in [6, 6.07) is 14.9. The largest absolute Gasteiger partial charge is 0.398 e. The molecule has 6 N–H and O–H groups in total. The number of amides is 2. The van der Waals surface area contributed by atoms with Crippen LogP contribution in [0.1, 0.15) is 86.0 Å². The van der Waals surface area contributed by atoms with Gasteiger partial charge < -0.3 is 31.9 Å². The predicted octanol–water partition coefficient (Wildman–Crippen LogP) is 8.50. The average Bonchev–Trinajstić information content (AvgIpc) is 4.03. The van der Waals surface area contributed by atoms with Crippen LogP contribution in [0.4, 0.5) is 56.1 Å². The van der Waals surface area contributed by atoms with Crippen molar-refractivity contribution < 1.29 is 31.5 Å². The molecule has 2 fully saturated rings. The standard InChI is InChI=1S/C26H28F2N6O2.C25H24ClF3N6O2/c1-15(2)30-13-17-20(29)7-8-21(24(17)33-12-11-16(3)14-33)31-26(36)22-9-10-23(35)34(32-22)25-18(27)5-4-6-19(25)28;1-13(2)31-24(26)20-21(30)16(29)12-18(23(20)34-10-3-4-11-34)32-25(37)17-8-9-19(36)35(33-17)22-14(27)6-5-7-15(22)28/h4-10,13,15-16H,11-12,14,29H2,1-3H3,(H,31,36);5-9,12-13H,3-4,10-11,30H2,1-2H3,(H,32,37)/t16-;/m0./s1. The van der Waals surface area contributed by atoms with Gasteiger partial charge in [-0.25, -0.2) is 22.0 Å². The van der Waals surface area contributed by atoms with E-state index in [-0.39, 0.29) is 45.6 Å². The van der Waals surface area contributed by atoms with Gasteiger partial charge in [-0.3, -0.25) is 29.2 Å². The first-order valence-electron chi connectivity index (χ1n) is 23.3. The number of hydrogen-bond donors (Lipinski definition) is 4. The summed E-state index contributed by atoms with van der Waals surface area (Å²) in [6.07, 6.45) is 4.44. The quantitative estimate of drug-likeness (QED) is 0.0522. The molecule has 2 aromatic heterocycles. The van der Waals surface area contributed by atoms with Crippen molar-refractivity contribution >= 4 is 68.9 Å². The first-order chi connectivity index (χ1) is 34.7. The second kappa shape index (κ2) is 22.6. The van der Waals surface area contributed by atoms with Crippen LogP contribution in [0.2, 0.25) is 0 Å². The number of para-hydroxylation sites is 2. The third-order valence-corrected chi connectivity index (χ3v) is 11.9. The predicted molar refractivity (Wildman–Crippen MR) is 275 cm³/mol. The van der Waals surface area contributed by atoms with Crippen LogP contribution in [0.3, 0.4) is 0 Å². The average molecular weight is 1030 g/mol. The zero-order valence-corrected chi connectivity index (χ0v) is 41.2. The van der Waals surface area contributed by atoms with Crippen molar-refractivity contribution in [1.29, 1.82) is 0 Å². The molecule has 0 radical (unpaired) electrons. The lowest BCUT2D eigenvalue weighted by atomic mass is 10.1. The number of nitrogens with zero attached hydrogens (tertiary/aromatic N) is 8. The Labute approximate surface area is 421 Å². The van der Waals surface area contributed by atoms with Gasteiger partial charge in [0.1, 0.15) is 33.8 Å². The number of carbonyl (C=O) groups is 2. The van der Waals surface area contributed by atoms with Crippen molar-refractivity contribution in [3.63, 3.8) is 0 Å². The summed E-state index contributed by atoms with van der Waals surface area (Å²) in [5.41, 5.74) is 11.7. The Kier molecular flexibility index (Phi) is 16.4. The van der Waals surface area contributed by atoms with Gasteiger partial charge in [-0.2, -0.15) is 19.6 Å². The number of anilines is 6. The second-order valence-corrected chi connectivity index (χ2v) is 18.3. The van der Waals surface area contributed by atoms with Gasteiger partial charge in [0.2, 0.25) is 0 Å². The number of benzene rings is 4. The van der Waals surface area contributed by atoms with Crippen molar-refractivity contribution in [1.82, 2.24) is 19.6 Å². The Hall–Kier alpha value is -7.94. The number of nitrogens with one attached hydrogen (secondary N) is 2. The summed E-state index contributed by atoms with van der Waals surface area (Å²) in [7, 11) is 0. The zero-order chi connectivity index (χ0) is 52.8. The molecule has 73 heavy (non-hydrogen) atoms. The molecule has 0 unspecified atom stereocenters. The molecule has 8 rings (SSSR count). The Morgan fingerprint density at radius 3 is 1.68 bits per heavy atom. The fourth-order valence-corrected chi connectivity index (χ4v) is 8.61. The molecule has 2 aliphatic rings. The third-order valence-electron chi connectivity index (χ3n) is 11.6. The van der Waals surface area contributed by atoms with E-state index >= 15 is 0 Å². The van der Waals surface area contributed by atoms with Crippen LogP contribution >= 0.6 is 11.6 Å². The van der Waals surface area contributed by atoms with Gasteiger partial charge >= 0.3 is 0 Å². The van der Waals surface area contributed by atoms with Crippen LogP contribution in [0.5, 0.6) is 0 Å². The lowest BCUT2D eigenvalue weighted by molar-refractivity contribution is 0.101. The molecule has 2 amide bonds. The van der Waals surface area contributed by atoms with Crippen molar-refractivity contribution in [2.24, 2.45) is 15.9 Å². The van der Waals surface area contributed by atoms with E-state index in [9.17, 15) is 41.1 Å². The number of hydrogen-bond acceptors (Lipinski definition) is 12. The molecule has 16 nitrogen and oxygen atoms in total. The topological polar surface area (TPSA) is 211 Å². The summed E-state index contributed by atoms with van der Waals surface area (Å²) < 4.78 is 73.1. The van der Waals surface area contributed by atoms with Gasteiger partial charge in [0.25, 0.3) is 22.9 Å². The Morgan fingerprint density at radius 1 is 0.685 bits per heavy atom. The fourth-order valence-electron chi connectivity index (χ4n) is 8.22. The van der Waals surface area contributed by atoms with Crippen LogP contribution < -0.4 is 43.0 Å². The number of nitrogens with two attached hydrogens (primary N) is 2. The molecule has 2 saturated heterocycles. The highest BCUT2D eigenvalue weighted by atomic mass is 35.5. The summed E-state index contributed by atoms with van der Waals surface area (Å²) >= 11 is 6.47. The molecule has 22 heteroatoms. The third kappa shape index (κ3) is 11.9. The number of aromatic nitrogens is 4. The molecule has 6 aromatic rings. The van der Waals surface area contributed by atoms with Crippen LogP contribution in [0, 0.1) is 35.0 Å². The first-order valence-corrected chi connectivity index (χ1v) is 23.6. The van der Waals surface area contributed by atoms with Gasteiger partial charge in [-0.05, 0) is 101 Å². The first kappa shape index (κ1) is 52.9. The maximum Gasteiger partial charge on any atom is 0.276 e. The molecule has 0 bridgehead atoms. The molecule has 2 aliphatic heterocycles. The number of nitrogen functional groups attached to an aromatic ring is 2. The molecule has 382 valence electrons. The van der Waals surface area contributed by atoms with E-state index in [1.54, 1.807) is 32.2 Å². The summed E-state index contributed by atoms with van der Waals surface area (Å²) in [4.78, 5) is 63.9. The Balaban J connectivity index is 0.000000214. The van der Waals surface area contributed by atoms with Crippen molar-refractivity contribution in [3.05, 3.63) is 151 Å². The smallest absolute Gasteiger partial charge is 0.276 e. The normalized spacial score (nSPS) is 14.8. The molecule has 4 heterocycles. The van der Waals surface area contributed by atoms with Crippen molar-refractivity contribution in [2.75, 3.05) is 58.1 Å². The van der Waals surface area contributed by atoms with Crippen LogP contribution in [0.25, 0.3) is 11.4 Å². The molecule has 4 aromatic carbocycles. The van der Waals surface area contributed by atoms with Gasteiger partial charge in [0.15, 0.2) is 23.3 Å². The Morgan fingerprint density at radius 2 is 1.21 bits per heavy atom. The summed E-state index contributed by atoms with van der Waals surface area (Å²) in [6.45, 7) is 12.5. The molecule has 1 atom stereocenters. The van der Waals surface area contributed by atoms with E-state index in [0.717, 1.165) is 92.6 Å². The van der Waals surface area contributed by atoms with Gasteiger partial charge in [-0.1, -0.05) is 30.7 Å². The zero-order valence-electron chi connectivity index (χ0n) is 40.4. The number of carbonyl (C=O) groups excluding carboxylic acids is 2. The maximum atomic E-state index is 14.9. The molecular weight excluding hydrogens is 975 g/mol. The number of aliphatic imine (C=N–C) groups is 2. The summed E-state index contributed by atoms with van der Waals surface area (Å²) in [5.74, 6) is -5.87. The van der Waals surface area contributed by atoms with Gasteiger partial charge in [0, 0.05) is 73.9 Å². The van der Waals surface area contributed by atoms with E-state index < -0.39 is 63.4 Å². The lowest BCUT2D eigenvalue weighted by Crippen LogP contribution is -2.28. The molecule has 0 spiro atoms. The van der Waals surface area contributed by atoms with E-state index in [0.29, 0.717) is 51.0 Å². The fraction of sp³-hybridized carbons (Fsp3) is 0.294. The van der Waals surface area contributed by atoms with Crippen LogP contribution in [-0.4, -0.2) is 81.0 Å². The minimum atomic E-state index is -1.03. The second-order valence-electron chi connectivity index (χ2n) is 17.9. The molecular formula is C51H52ClF5N12O4. The van der Waals surface area contributed by atoms with Crippen molar-refractivity contribution in [3.8, 4) is 11.4 Å². The van der Waals surface area contributed by atoms with Crippen LogP contribution in [-0.2, 0) is 0 Å².